The van der Waals surface area contributed by atoms with Crippen molar-refractivity contribution in [2.24, 2.45) is 0 Å². The summed E-state index contributed by atoms with van der Waals surface area (Å²) < 4.78 is 0. The zero-order chi connectivity index (χ0) is 20.1. The molecule has 0 aliphatic heterocycles. The SMILES string of the molecule is CN(C)c1ccc(C(=O)N[C@H]2CCCC(O)(C#Cc3cccc(Cl)c3)C2)cc1. The standard InChI is InChI=1S/C23H25ClN2O2/c1-26(2)21-10-8-18(9-11-21)22(27)25-20-7-4-13-23(28,16-20)14-12-17-5-3-6-19(24)15-17/h3,5-6,8-11,15,20,28H,4,7,13,16H2,1-2H3,(H,25,27)/t20-,23?/m0/s1. The lowest BCUT2D eigenvalue weighted by Gasteiger charge is -2.33. The number of anilines is 1. The maximum atomic E-state index is 12.6. The van der Waals surface area contributed by atoms with Gasteiger partial charge in [-0.05, 0) is 61.7 Å². The van der Waals surface area contributed by atoms with Gasteiger partial charge in [-0.3, -0.25) is 4.79 Å². The van der Waals surface area contributed by atoms with E-state index in [0.29, 0.717) is 23.4 Å². The van der Waals surface area contributed by atoms with E-state index in [9.17, 15) is 9.90 Å². The molecule has 1 fully saturated rings. The summed E-state index contributed by atoms with van der Waals surface area (Å²) in [7, 11) is 3.92. The van der Waals surface area contributed by atoms with E-state index in [0.717, 1.165) is 24.1 Å². The highest BCUT2D eigenvalue weighted by atomic mass is 35.5. The van der Waals surface area contributed by atoms with Crippen LogP contribution in [0, 0.1) is 11.8 Å². The van der Waals surface area contributed by atoms with Crippen molar-refractivity contribution in [3.05, 3.63) is 64.7 Å². The summed E-state index contributed by atoms with van der Waals surface area (Å²) in [5, 5.41) is 14.6. The first-order chi connectivity index (χ1) is 13.3. The van der Waals surface area contributed by atoms with E-state index < -0.39 is 5.60 Å². The molecule has 1 aliphatic carbocycles. The highest BCUT2D eigenvalue weighted by Crippen LogP contribution is 2.28. The van der Waals surface area contributed by atoms with Crippen molar-refractivity contribution in [2.75, 3.05) is 19.0 Å². The molecule has 1 amide bonds. The molecule has 0 heterocycles. The number of carbonyl (C=O) groups excluding carboxylic acids is 1. The quantitative estimate of drug-likeness (QED) is 0.774. The molecule has 28 heavy (non-hydrogen) atoms. The van der Waals surface area contributed by atoms with Gasteiger partial charge in [0.25, 0.3) is 5.91 Å². The number of nitrogens with one attached hydrogen (secondary N) is 1. The van der Waals surface area contributed by atoms with Crippen molar-refractivity contribution < 1.29 is 9.90 Å². The van der Waals surface area contributed by atoms with E-state index in [-0.39, 0.29) is 11.9 Å². The van der Waals surface area contributed by atoms with Crippen LogP contribution in [0.15, 0.2) is 48.5 Å². The minimum atomic E-state index is -1.10. The van der Waals surface area contributed by atoms with Gasteiger partial charge < -0.3 is 15.3 Å². The third-order valence-corrected chi connectivity index (χ3v) is 5.21. The van der Waals surface area contributed by atoms with Gasteiger partial charge in [0.05, 0.1) is 0 Å². The van der Waals surface area contributed by atoms with Gasteiger partial charge in [0, 0.05) is 48.4 Å². The van der Waals surface area contributed by atoms with Gasteiger partial charge in [0.1, 0.15) is 5.60 Å². The summed E-state index contributed by atoms with van der Waals surface area (Å²) in [5.41, 5.74) is 1.32. The predicted molar refractivity (Wildman–Crippen MR) is 114 cm³/mol. The molecule has 4 nitrogen and oxygen atoms in total. The van der Waals surface area contributed by atoms with Crippen LogP contribution in [0.5, 0.6) is 0 Å². The molecule has 2 atom stereocenters. The van der Waals surface area contributed by atoms with Crippen molar-refractivity contribution in [2.45, 2.75) is 37.3 Å². The van der Waals surface area contributed by atoms with E-state index in [1.54, 1.807) is 12.1 Å². The number of aliphatic hydroxyl groups is 1. The van der Waals surface area contributed by atoms with Gasteiger partial charge in [-0.25, -0.2) is 0 Å². The Kier molecular flexibility index (Phi) is 6.28. The Morgan fingerprint density at radius 2 is 2.00 bits per heavy atom. The summed E-state index contributed by atoms with van der Waals surface area (Å²) >= 11 is 5.99. The molecule has 1 unspecified atom stereocenters. The first kappa shape index (κ1) is 20.3. The number of benzene rings is 2. The number of rotatable bonds is 3. The average Bonchev–Trinajstić information content (AvgIpc) is 2.67. The normalized spacial score (nSPS) is 21.4. The maximum absolute atomic E-state index is 12.6. The monoisotopic (exact) mass is 396 g/mol. The number of amides is 1. The Labute approximate surface area is 171 Å². The van der Waals surface area contributed by atoms with Crippen LogP contribution in [-0.4, -0.2) is 36.8 Å². The molecular weight excluding hydrogens is 372 g/mol. The lowest BCUT2D eigenvalue weighted by Crippen LogP contribution is -2.45. The van der Waals surface area contributed by atoms with E-state index >= 15 is 0 Å². The Bertz CT molecular complexity index is 899. The van der Waals surface area contributed by atoms with Gasteiger partial charge in [-0.1, -0.05) is 29.5 Å². The summed E-state index contributed by atoms with van der Waals surface area (Å²) in [6.07, 6.45) is 2.67. The second-order valence-corrected chi connectivity index (χ2v) is 7.94. The number of halogens is 1. The van der Waals surface area contributed by atoms with Gasteiger partial charge in [-0.15, -0.1) is 0 Å². The lowest BCUT2D eigenvalue weighted by molar-refractivity contribution is 0.0452. The summed E-state index contributed by atoms with van der Waals surface area (Å²) in [5.74, 6) is 5.89. The van der Waals surface area contributed by atoms with Gasteiger partial charge in [0.2, 0.25) is 0 Å². The summed E-state index contributed by atoms with van der Waals surface area (Å²) in [4.78, 5) is 14.6. The number of hydrogen-bond donors (Lipinski definition) is 2. The van der Waals surface area contributed by atoms with Crippen LogP contribution in [0.2, 0.25) is 5.02 Å². The molecule has 0 bridgehead atoms. The maximum Gasteiger partial charge on any atom is 0.251 e. The zero-order valence-electron chi connectivity index (χ0n) is 16.2. The van der Waals surface area contributed by atoms with Crippen LogP contribution >= 0.6 is 11.6 Å². The Hall–Kier alpha value is -2.48. The van der Waals surface area contributed by atoms with E-state index in [4.69, 9.17) is 11.6 Å². The van der Waals surface area contributed by atoms with Crippen LogP contribution in [-0.2, 0) is 0 Å². The molecule has 0 aromatic heterocycles. The average molecular weight is 397 g/mol. The first-order valence-corrected chi connectivity index (χ1v) is 9.82. The molecule has 0 saturated heterocycles. The molecule has 2 aromatic carbocycles. The first-order valence-electron chi connectivity index (χ1n) is 9.44. The van der Waals surface area contributed by atoms with Crippen LogP contribution in [0.25, 0.3) is 0 Å². The van der Waals surface area contributed by atoms with Crippen molar-refractivity contribution >= 4 is 23.2 Å². The summed E-state index contributed by atoms with van der Waals surface area (Å²) in [6, 6.07) is 14.6. The fourth-order valence-electron chi connectivity index (χ4n) is 3.42. The van der Waals surface area contributed by atoms with E-state index in [2.05, 4.69) is 17.2 Å². The van der Waals surface area contributed by atoms with Crippen molar-refractivity contribution in [3.63, 3.8) is 0 Å². The van der Waals surface area contributed by atoms with Crippen molar-refractivity contribution in [1.29, 1.82) is 0 Å². The van der Waals surface area contributed by atoms with Crippen LogP contribution in [0.4, 0.5) is 5.69 Å². The molecule has 5 heteroatoms. The second-order valence-electron chi connectivity index (χ2n) is 7.50. The molecule has 2 aromatic rings. The number of carbonyl (C=O) groups is 1. The van der Waals surface area contributed by atoms with Gasteiger partial charge in [0.15, 0.2) is 0 Å². The number of nitrogens with zero attached hydrogens (tertiary/aromatic N) is 1. The van der Waals surface area contributed by atoms with Crippen LogP contribution in [0.3, 0.4) is 0 Å². The van der Waals surface area contributed by atoms with Crippen LogP contribution in [0.1, 0.15) is 41.6 Å². The van der Waals surface area contributed by atoms with E-state index in [1.165, 1.54) is 0 Å². The van der Waals surface area contributed by atoms with E-state index in [1.807, 2.05) is 55.4 Å². The topological polar surface area (TPSA) is 52.6 Å². The molecule has 1 saturated carbocycles. The highest BCUT2D eigenvalue weighted by Gasteiger charge is 2.33. The molecule has 1 aliphatic rings. The fourth-order valence-corrected chi connectivity index (χ4v) is 3.61. The molecule has 2 N–H and O–H groups in total. The highest BCUT2D eigenvalue weighted by molar-refractivity contribution is 6.30. The molecule has 0 spiro atoms. The summed E-state index contributed by atoms with van der Waals surface area (Å²) in [6.45, 7) is 0. The van der Waals surface area contributed by atoms with Gasteiger partial charge in [-0.2, -0.15) is 0 Å². The number of hydrogen-bond acceptors (Lipinski definition) is 3. The third kappa shape index (κ3) is 5.28. The Morgan fingerprint density at radius 1 is 1.25 bits per heavy atom. The second kappa shape index (κ2) is 8.68. The molecule has 3 rings (SSSR count). The van der Waals surface area contributed by atoms with Crippen LogP contribution < -0.4 is 10.2 Å². The van der Waals surface area contributed by atoms with Crippen molar-refractivity contribution in [1.82, 2.24) is 5.32 Å². The lowest BCUT2D eigenvalue weighted by atomic mass is 9.82. The van der Waals surface area contributed by atoms with Crippen molar-refractivity contribution in [3.8, 4) is 11.8 Å². The smallest absolute Gasteiger partial charge is 0.251 e. The fraction of sp³-hybridized carbons (Fsp3) is 0.348. The van der Waals surface area contributed by atoms with Gasteiger partial charge >= 0.3 is 0 Å². The minimum absolute atomic E-state index is 0.103. The molecular formula is C23H25ClN2O2. The Balaban J connectivity index is 1.65. The molecule has 0 radical (unpaired) electrons. The predicted octanol–water partition coefficient (Wildman–Crippen LogP) is 3.86. The minimum Gasteiger partial charge on any atom is -0.378 e. The molecule has 146 valence electrons. The Morgan fingerprint density at radius 3 is 2.68 bits per heavy atom. The largest absolute Gasteiger partial charge is 0.378 e. The third-order valence-electron chi connectivity index (χ3n) is 4.97. The zero-order valence-corrected chi connectivity index (χ0v) is 17.0.